The number of hydrogen-bond acceptors (Lipinski definition) is 6. The van der Waals surface area contributed by atoms with Gasteiger partial charge in [-0.15, -0.1) is 21.5 Å². The SMILES string of the molecule is CCCn1c(=O)c2sccc2n2c(CCC(=O)N3CCN(Cc4ccccc4)CC3)nnc12. The molecule has 1 aliphatic rings. The maximum absolute atomic E-state index is 12.9. The van der Waals surface area contributed by atoms with Crippen LogP contribution in [0, 0.1) is 0 Å². The second kappa shape index (κ2) is 9.44. The van der Waals surface area contributed by atoms with Crippen LogP contribution in [0.4, 0.5) is 0 Å². The number of aryl methyl sites for hydroxylation is 2. The molecule has 0 radical (unpaired) electrons. The van der Waals surface area contributed by atoms with Crippen molar-refractivity contribution in [2.45, 2.75) is 39.3 Å². The highest BCUT2D eigenvalue weighted by molar-refractivity contribution is 7.17. The highest BCUT2D eigenvalue weighted by atomic mass is 32.1. The molecule has 0 atom stereocenters. The molecule has 1 amide bonds. The normalized spacial score (nSPS) is 15.0. The Kier molecular flexibility index (Phi) is 6.24. The van der Waals surface area contributed by atoms with Crippen molar-refractivity contribution >= 4 is 33.2 Å². The van der Waals surface area contributed by atoms with Gasteiger partial charge < -0.3 is 4.90 Å². The number of nitrogens with zero attached hydrogens (tertiary/aromatic N) is 6. The first-order valence-electron chi connectivity index (χ1n) is 11.5. The summed E-state index contributed by atoms with van der Waals surface area (Å²) in [6.45, 7) is 6.82. The van der Waals surface area contributed by atoms with Gasteiger partial charge in [0.25, 0.3) is 5.56 Å². The van der Waals surface area contributed by atoms with Gasteiger partial charge >= 0.3 is 0 Å². The smallest absolute Gasteiger partial charge is 0.272 e. The van der Waals surface area contributed by atoms with Crippen LogP contribution < -0.4 is 5.56 Å². The molecule has 1 aliphatic heterocycles. The topological polar surface area (TPSA) is 75.7 Å². The minimum Gasteiger partial charge on any atom is -0.340 e. The highest BCUT2D eigenvalue weighted by Crippen LogP contribution is 2.20. The molecule has 9 heteroatoms. The second-order valence-electron chi connectivity index (χ2n) is 8.49. The van der Waals surface area contributed by atoms with Crippen LogP contribution in [0.1, 0.15) is 31.2 Å². The summed E-state index contributed by atoms with van der Waals surface area (Å²) in [5, 5.41) is 10.6. The molecule has 172 valence electrons. The average molecular weight is 465 g/mol. The van der Waals surface area contributed by atoms with Gasteiger partial charge in [0, 0.05) is 52.1 Å². The Balaban J connectivity index is 1.26. The van der Waals surface area contributed by atoms with Gasteiger partial charge in [0.2, 0.25) is 11.7 Å². The number of piperazine rings is 1. The summed E-state index contributed by atoms with van der Waals surface area (Å²) >= 11 is 1.44. The number of thiophene rings is 1. The number of aromatic nitrogens is 4. The maximum Gasteiger partial charge on any atom is 0.272 e. The van der Waals surface area contributed by atoms with Gasteiger partial charge in [-0.05, 0) is 23.4 Å². The van der Waals surface area contributed by atoms with E-state index < -0.39 is 0 Å². The van der Waals surface area contributed by atoms with Crippen LogP contribution in [-0.4, -0.2) is 61.1 Å². The van der Waals surface area contributed by atoms with E-state index in [1.54, 1.807) is 4.57 Å². The summed E-state index contributed by atoms with van der Waals surface area (Å²) in [7, 11) is 0. The average Bonchev–Trinajstić information content (AvgIpc) is 3.49. The van der Waals surface area contributed by atoms with Gasteiger partial charge in [0.05, 0.1) is 5.52 Å². The predicted octanol–water partition coefficient (Wildman–Crippen LogP) is 2.79. The van der Waals surface area contributed by atoms with Crippen LogP contribution in [0.25, 0.3) is 16.0 Å². The Morgan fingerprint density at radius 2 is 1.85 bits per heavy atom. The zero-order valence-electron chi connectivity index (χ0n) is 18.8. The molecular formula is C24H28N6O2S. The van der Waals surface area contributed by atoms with Gasteiger partial charge in [-0.1, -0.05) is 37.3 Å². The Labute approximate surface area is 196 Å². The molecule has 5 rings (SSSR count). The lowest BCUT2D eigenvalue weighted by molar-refractivity contribution is -0.133. The lowest BCUT2D eigenvalue weighted by Gasteiger charge is -2.34. The van der Waals surface area contributed by atoms with Crippen molar-refractivity contribution in [1.29, 1.82) is 0 Å². The van der Waals surface area contributed by atoms with E-state index in [2.05, 4.69) is 39.4 Å². The monoisotopic (exact) mass is 464 g/mol. The molecule has 4 heterocycles. The van der Waals surface area contributed by atoms with E-state index in [4.69, 9.17) is 0 Å². The molecule has 0 N–H and O–H groups in total. The van der Waals surface area contributed by atoms with Gasteiger partial charge in [-0.3, -0.25) is 23.5 Å². The summed E-state index contributed by atoms with van der Waals surface area (Å²) < 4.78 is 4.36. The zero-order chi connectivity index (χ0) is 22.8. The van der Waals surface area contributed by atoms with Crippen LogP contribution in [0.5, 0.6) is 0 Å². The van der Waals surface area contributed by atoms with Crippen molar-refractivity contribution in [2.24, 2.45) is 0 Å². The molecule has 0 saturated carbocycles. The number of amides is 1. The van der Waals surface area contributed by atoms with Gasteiger partial charge in [0.1, 0.15) is 10.5 Å². The lowest BCUT2D eigenvalue weighted by Crippen LogP contribution is -2.48. The first-order valence-corrected chi connectivity index (χ1v) is 12.4. The Morgan fingerprint density at radius 1 is 1.06 bits per heavy atom. The van der Waals surface area contributed by atoms with Crippen LogP contribution in [-0.2, 0) is 24.3 Å². The van der Waals surface area contributed by atoms with E-state index in [1.807, 2.05) is 33.7 Å². The zero-order valence-corrected chi connectivity index (χ0v) is 19.6. The van der Waals surface area contributed by atoms with E-state index in [0.717, 1.165) is 50.5 Å². The van der Waals surface area contributed by atoms with Crippen LogP contribution in [0.2, 0.25) is 0 Å². The fraction of sp³-hybridized carbons (Fsp3) is 0.417. The maximum atomic E-state index is 12.9. The molecule has 8 nitrogen and oxygen atoms in total. The third kappa shape index (κ3) is 4.30. The van der Waals surface area contributed by atoms with Crippen LogP contribution >= 0.6 is 11.3 Å². The molecule has 1 saturated heterocycles. The fourth-order valence-corrected chi connectivity index (χ4v) is 5.37. The summed E-state index contributed by atoms with van der Waals surface area (Å²) in [5.41, 5.74) is 2.12. The van der Waals surface area contributed by atoms with E-state index in [-0.39, 0.29) is 11.5 Å². The summed E-state index contributed by atoms with van der Waals surface area (Å²) in [6.07, 6.45) is 1.72. The Bertz CT molecular complexity index is 1320. The first kappa shape index (κ1) is 21.8. The first-order chi connectivity index (χ1) is 16.2. The third-order valence-electron chi connectivity index (χ3n) is 6.26. The van der Waals surface area contributed by atoms with Crippen molar-refractivity contribution in [3.05, 3.63) is 63.5 Å². The minimum atomic E-state index is -0.0160. The fourth-order valence-electron chi connectivity index (χ4n) is 4.54. The van der Waals surface area contributed by atoms with E-state index in [0.29, 0.717) is 29.9 Å². The molecule has 1 aromatic carbocycles. The van der Waals surface area contributed by atoms with Crippen molar-refractivity contribution in [3.8, 4) is 0 Å². The van der Waals surface area contributed by atoms with E-state index >= 15 is 0 Å². The molecule has 0 spiro atoms. The molecule has 0 bridgehead atoms. The van der Waals surface area contributed by atoms with E-state index in [9.17, 15) is 9.59 Å². The molecule has 0 aliphatic carbocycles. The number of carbonyl (C=O) groups is 1. The molecule has 1 fully saturated rings. The number of rotatable bonds is 7. The third-order valence-corrected chi connectivity index (χ3v) is 7.15. The molecule has 0 unspecified atom stereocenters. The summed E-state index contributed by atoms with van der Waals surface area (Å²) in [4.78, 5) is 30.1. The summed E-state index contributed by atoms with van der Waals surface area (Å²) in [6, 6.07) is 12.4. The molecule has 33 heavy (non-hydrogen) atoms. The highest BCUT2D eigenvalue weighted by Gasteiger charge is 2.22. The van der Waals surface area contributed by atoms with Gasteiger partial charge in [-0.2, -0.15) is 0 Å². The Morgan fingerprint density at radius 3 is 2.61 bits per heavy atom. The standard InChI is InChI=1S/C24H28N6O2S/c1-2-11-29-23(32)22-19(10-16-33-22)30-20(25-26-24(29)30)8-9-21(31)28-14-12-27(13-15-28)17-18-6-4-3-5-7-18/h3-7,10,16H,2,8-9,11-15,17H2,1H3. The quantitative estimate of drug-likeness (QED) is 0.420. The molecular weight excluding hydrogens is 436 g/mol. The number of benzene rings is 1. The van der Waals surface area contributed by atoms with Crippen LogP contribution in [0.3, 0.4) is 0 Å². The molecule has 4 aromatic rings. The lowest BCUT2D eigenvalue weighted by atomic mass is 10.2. The molecule has 3 aromatic heterocycles. The van der Waals surface area contributed by atoms with Crippen molar-refractivity contribution in [1.82, 2.24) is 29.0 Å². The number of carbonyl (C=O) groups excluding carboxylic acids is 1. The largest absolute Gasteiger partial charge is 0.340 e. The van der Waals surface area contributed by atoms with Gasteiger partial charge in [0.15, 0.2) is 0 Å². The van der Waals surface area contributed by atoms with Crippen molar-refractivity contribution in [3.63, 3.8) is 0 Å². The second-order valence-corrected chi connectivity index (χ2v) is 9.40. The Hall–Kier alpha value is -3.04. The van der Waals surface area contributed by atoms with Gasteiger partial charge in [-0.25, -0.2) is 0 Å². The van der Waals surface area contributed by atoms with Crippen molar-refractivity contribution in [2.75, 3.05) is 26.2 Å². The summed E-state index contributed by atoms with van der Waals surface area (Å²) in [5.74, 6) is 1.44. The predicted molar refractivity (Wildman–Crippen MR) is 130 cm³/mol. The van der Waals surface area contributed by atoms with E-state index in [1.165, 1.54) is 16.9 Å². The van der Waals surface area contributed by atoms with Crippen LogP contribution in [0.15, 0.2) is 46.6 Å². The number of fused-ring (bicyclic) bond motifs is 3. The minimum absolute atomic E-state index is 0.0160. The number of hydrogen-bond donors (Lipinski definition) is 0. The van der Waals surface area contributed by atoms with Crippen molar-refractivity contribution < 1.29 is 4.79 Å².